The van der Waals surface area contributed by atoms with E-state index in [2.05, 4.69) is 12.2 Å². The molecule has 1 aromatic carbocycles. The van der Waals surface area contributed by atoms with Crippen LogP contribution in [0.2, 0.25) is 0 Å². The lowest BCUT2D eigenvalue weighted by Crippen LogP contribution is -2.47. The van der Waals surface area contributed by atoms with Gasteiger partial charge in [0.2, 0.25) is 0 Å². The number of ether oxygens (including phenoxy) is 3. The van der Waals surface area contributed by atoms with Gasteiger partial charge in [-0.3, -0.25) is 0 Å². The van der Waals surface area contributed by atoms with E-state index < -0.39 is 0 Å². The van der Waals surface area contributed by atoms with Crippen LogP contribution < -0.4 is 14.8 Å². The molecular weight excluding hydrogens is 218 g/mol. The smallest absolute Gasteiger partial charge is 0.161 e. The number of nitrogens with one attached hydrogen (secondary N) is 1. The van der Waals surface area contributed by atoms with Crippen molar-refractivity contribution < 1.29 is 14.2 Å². The quantitative estimate of drug-likeness (QED) is 0.796. The average molecular weight is 235 g/mol. The predicted molar refractivity (Wildman–Crippen MR) is 63.6 cm³/mol. The van der Waals surface area contributed by atoms with Crippen LogP contribution in [-0.2, 0) is 4.74 Å². The molecular formula is C13H17NO3. The van der Waals surface area contributed by atoms with Crippen LogP contribution in [0.15, 0.2) is 24.3 Å². The van der Waals surface area contributed by atoms with Crippen molar-refractivity contribution in [1.29, 1.82) is 0 Å². The summed E-state index contributed by atoms with van der Waals surface area (Å²) in [4.78, 5) is 0. The normalized spacial score (nSPS) is 27.6. The van der Waals surface area contributed by atoms with Crippen LogP contribution in [-0.4, -0.2) is 38.0 Å². The Morgan fingerprint density at radius 3 is 2.82 bits per heavy atom. The molecule has 0 aromatic heterocycles. The van der Waals surface area contributed by atoms with Crippen molar-refractivity contribution in [3.05, 3.63) is 24.3 Å². The van der Waals surface area contributed by atoms with Crippen molar-refractivity contribution >= 4 is 0 Å². The SMILES string of the molecule is C[C@@H](NC[C@H]1CO1)[C@H]1COc2ccccc2O1. The Labute approximate surface area is 101 Å². The summed E-state index contributed by atoms with van der Waals surface area (Å²) >= 11 is 0. The number of rotatable bonds is 4. The first-order valence-corrected chi connectivity index (χ1v) is 6.06. The molecule has 92 valence electrons. The fourth-order valence-electron chi connectivity index (χ4n) is 1.92. The Morgan fingerprint density at radius 1 is 1.29 bits per heavy atom. The molecule has 1 saturated heterocycles. The van der Waals surface area contributed by atoms with Gasteiger partial charge in [-0.1, -0.05) is 12.1 Å². The van der Waals surface area contributed by atoms with Gasteiger partial charge in [-0.25, -0.2) is 0 Å². The highest BCUT2D eigenvalue weighted by Crippen LogP contribution is 2.31. The average Bonchev–Trinajstić information content (AvgIpc) is 3.19. The molecule has 4 nitrogen and oxygen atoms in total. The zero-order chi connectivity index (χ0) is 11.7. The number of epoxide rings is 1. The fourth-order valence-corrected chi connectivity index (χ4v) is 1.92. The minimum Gasteiger partial charge on any atom is -0.486 e. The zero-order valence-corrected chi connectivity index (χ0v) is 9.89. The molecule has 4 heteroatoms. The molecule has 1 fully saturated rings. The molecule has 0 amide bonds. The summed E-state index contributed by atoms with van der Waals surface area (Å²) < 4.78 is 16.8. The maximum absolute atomic E-state index is 5.92. The van der Waals surface area contributed by atoms with Crippen molar-refractivity contribution in [2.24, 2.45) is 0 Å². The number of hydrogen-bond donors (Lipinski definition) is 1. The Balaban J connectivity index is 1.58. The van der Waals surface area contributed by atoms with E-state index in [1.165, 1.54) is 0 Å². The van der Waals surface area contributed by atoms with E-state index in [9.17, 15) is 0 Å². The molecule has 0 bridgehead atoms. The second kappa shape index (κ2) is 4.55. The Hall–Kier alpha value is -1.26. The summed E-state index contributed by atoms with van der Waals surface area (Å²) in [5, 5.41) is 3.42. The van der Waals surface area contributed by atoms with E-state index in [0.717, 1.165) is 24.7 Å². The van der Waals surface area contributed by atoms with Gasteiger partial charge in [0.25, 0.3) is 0 Å². The topological polar surface area (TPSA) is 43.0 Å². The molecule has 1 N–H and O–H groups in total. The largest absolute Gasteiger partial charge is 0.486 e. The predicted octanol–water partition coefficient (Wildman–Crippen LogP) is 1.20. The third-order valence-corrected chi connectivity index (χ3v) is 3.16. The molecule has 0 spiro atoms. The van der Waals surface area contributed by atoms with Crippen LogP contribution in [0.4, 0.5) is 0 Å². The van der Waals surface area contributed by atoms with Crippen molar-refractivity contribution in [1.82, 2.24) is 5.32 Å². The molecule has 2 heterocycles. The lowest BCUT2D eigenvalue weighted by Gasteiger charge is -2.30. The lowest BCUT2D eigenvalue weighted by molar-refractivity contribution is 0.0663. The van der Waals surface area contributed by atoms with Gasteiger partial charge in [0.1, 0.15) is 12.7 Å². The van der Waals surface area contributed by atoms with Gasteiger partial charge in [0.05, 0.1) is 12.7 Å². The Morgan fingerprint density at radius 2 is 2.06 bits per heavy atom. The summed E-state index contributed by atoms with van der Waals surface area (Å²) in [6.45, 7) is 4.48. The van der Waals surface area contributed by atoms with Crippen LogP contribution in [0.25, 0.3) is 0 Å². The Bertz CT molecular complexity index is 392. The molecule has 0 saturated carbocycles. The minimum absolute atomic E-state index is 0.0589. The van der Waals surface area contributed by atoms with Crippen molar-refractivity contribution in [2.45, 2.75) is 25.2 Å². The lowest BCUT2D eigenvalue weighted by atomic mass is 10.1. The molecule has 3 rings (SSSR count). The van der Waals surface area contributed by atoms with E-state index in [1.807, 2.05) is 24.3 Å². The van der Waals surface area contributed by atoms with E-state index in [1.54, 1.807) is 0 Å². The first-order valence-electron chi connectivity index (χ1n) is 6.06. The second-order valence-corrected chi connectivity index (χ2v) is 4.57. The van der Waals surface area contributed by atoms with Crippen molar-refractivity contribution in [3.8, 4) is 11.5 Å². The van der Waals surface area contributed by atoms with E-state index in [-0.39, 0.29) is 12.1 Å². The van der Waals surface area contributed by atoms with Gasteiger partial charge in [-0.2, -0.15) is 0 Å². The molecule has 0 radical (unpaired) electrons. The van der Waals surface area contributed by atoms with Gasteiger partial charge in [0, 0.05) is 12.6 Å². The Kier molecular flexibility index (Phi) is 2.91. The van der Waals surface area contributed by atoms with Crippen LogP contribution >= 0.6 is 0 Å². The van der Waals surface area contributed by atoms with Crippen LogP contribution in [0, 0.1) is 0 Å². The molecule has 3 atom stereocenters. The number of para-hydroxylation sites is 2. The highest BCUT2D eigenvalue weighted by Gasteiger charge is 2.28. The standard InChI is InChI=1S/C13H17NO3/c1-9(14-6-10-7-15-10)13-8-16-11-4-2-3-5-12(11)17-13/h2-5,9-10,13-14H,6-8H2,1H3/t9-,10+,13-/m1/s1. The first-order chi connectivity index (χ1) is 8.33. The molecule has 2 aliphatic heterocycles. The third-order valence-electron chi connectivity index (χ3n) is 3.16. The fraction of sp³-hybridized carbons (Fsp3) is 0.538. The van der Waals surface area contributed by atoms with Crippen molar-refractivity contribution in [3.63, 3.8) is 0 Å². The highest BCUT2D eigenvalue weighted by molar-refractivity contribution is 5.40. The van der Waals surface area contributed by atoms with Gasteiger partial charge in [-0.15, -0.1) is 0 Å². The highest BCUT2D eigenvalue weighted by atomic mass is 16.6. The zero-order valence-electron chi connectivity index (χ0n) is 9.89. The van der Waals surface area contributed by atoms with Crippen molar-refractivity contribution in [2.75, 3.05) is 19.8 Å². The number of fused-ring (bicyclic) bond motifs is 1. The summed E-state index contributed by atoms with van der Waals surface area (Å²) in [5.74, 6) is 1.67. The molecule has 2 aliphatic rings. The van der Waals surface area contributed by atoms with Gasteiger partial charge in [-0.05, 0) is 19.1 Å². The summed E-state index contributed by atoms with van der Waals surface area (Å²) in [6.07, 6.45) is 0.456. The maximum atomic E-state index is 5.92. The molecule has 0 aliphatic carbocycles. The van der Waals surface area contributed by atoms with E-state index in [4.69, 9.17) is 14.2 Å². The van der Waals surface area contributed by atoms with E-state index in [0.29, 0.717) is 12.7 Å². The molecule has 1 aromatic rings. The summed E-state index contributed by atoms with van der Waals surface area (Å²) in [5.41, 5.74) is 0. The maximum Gasteiger partial charge on any atom is 0.161 e. The van der Waals surface area contributed by atoms with E-state index >= 15 is 0 Å². The summed E-state index contributed by atoms with van der Waals surface area (Å²) in [6, 6.07) is 8.04. The van der Waals surface area contributed by atoms with Crippen LogP contribution in [0.1, 0.15) is 6.92 Å². The first kappa shape index (κ1) is 10.9. The minimum atomic E-state index is 0.0589. The van der Waals surface area contributed by atoms with Crippen LogP contribution in [0.5, 0.6) is 11.5 Å². The van der Waals surface area contributed by atoms with Gasteiger partial charge < -0.3 is 19.5 Å². The second-order valence-electron chi connectivity index (χ2n) is 4.57. The van der Waals surface area contributed by atoms with Crippen LogP contribution in [0.3, 0.4) is 0 Å². The van der Waals surface area contributed by atoms with Gasteiger partial charge >= 0.3 is 0 Å². The number of benzene rings is 1. The monoisotopic (exact) mass is 235 g/mol. The molecule has 17 heavy (non-hydrogen) atoms. The summed E-state index contributed by atoms with van der Waals surface area (Å²) in [7, 11) is 0. The molecule has 0 unspecified atom stereocenters. The van der Waals surface area contributed by atoms with Gasteiger partial charge in [0.15, 0.2) is 11.5 Å². The third kappa shape index (κ3) is 2.53. The number of hydrogen-bond acceptors (Lipinski definition) is 4.